The molecule has 0 unspecified atom stereocenters. The van der Waals surface area contributed by atoms with Gasteiger partial charge in [0.15, 0.2) is 5.16 Å². The van der Waals surface area contributed by atoms with E-state index in [1.807, 2.05) is 6.92 Å². The first-order valence-corrected chi connectivity index (χ1v) is 9.64. The number of rotatable bonds is 7. The van der Waals surface area contributed by atoms with Gasteiger partial charge in [-0.25, -0.2) is 9.89 Å². The summed E-state index contributed by atoms with van der Waals surface area (Å²) in [7, 11) is 0. The molecule has 23 heavy (non-hydrogen) atoms. The normalized spacial score (nSPS) is 27.3. The molecule has 1 heterocycles. The Balaban J connectivity index is 1.49. The van der Waals surface area contributed by atoms with Crippen LogP contribution in [0.3, 0.4) is 0 Å². The number of hydrogen-bond acceptors (Lipinski definition) is 4. The molecule has 3 rings (SSSR count). The summed E-state index contributed by atoms with van der Waals surface area (Å²) in [6.07, 6.45) is 6.21. The number of carbonyl (C=O) groups excluding carboxylic acids is 1. The van der Waals surface area contributed by atoms with E-state index in [9.17, 15) is 9.59 Å². The first-order chi connectivity index (χ1) is 11.1. The molecule has 2 bridgehead atoms. The van der Waals surface area contributed by atoms with Gasteiger partial charge in [-0.15, -0.1) is 5.10 Å². The fourth-order valence-electron chi connectivity index (χ4n) is 4.27. The molecule has 128 valence electrons. The molecular weight excluding hydrogens is 312 g/mol. The molecule has 2 aliphatic carbocycles. The third-order valence-corrected chi connectivity index (χ3v) is 6.30. The molecule has 2 aliphatic rings. The maximum atomic E-state index is 12.2. The van der Waals surface area contributed by atoms with Gasteiger partial charge in [0, 0.05) is 12.6 Å². The van der Waals surface area contributed by atoms with Crippen molar-refractivity contribution in [1.29, 1.82) is 0 Å². The second kappa shape index (κ2) is 7.11. The van der Waals surface area contributed by atoms with E-state index in [0.717, 1.165) is 18.3 Å². The molecule has 6 nitrogen and oxygen atoms in total. The first-order valence-electron chi connectivity index (χ1n) is 8.65. The van der Waals surface area contributed by atoms with Crippen LogP contribution in [0.15, 0.2) is 9.95 Å². The molecule has 2 saturated carbocycles. The number of hydrogen-bond donors (Lipinski definition) is 2. The van der Waals surface area contributed by atoms with E-state index < -0.39 is 0 Å². The van der Waals surface area contributed by atoms with Gasteiger partial charge in [0.05, 0.1) is 5.75 Å². The van der Waals surface area contributed by atoms with Gasteiger partial charge in [-0.1, -0.05) is 25.1 Å². The maximum Gasteiger partial charge on any atom is 0.343 e. The molecule has 1 aromatic heterocycles. The molecule has 2 N–H and O–H groups in total. The number of H-pyrrole nitrogens is 1. The summed E-state index contributed by atoms with van der Waals surface area (Å²) < 4.78 is 1.59. The van der Waals surface area contributed by atoms with Crippen molar-refractivity contribution in [3.63, 3.8) is 0 Å². The van der Waals surface area contributed by atoms with Crippen molar-refractivity contribution in [2.75, 3.05) is 5.75 Å². The molecule has 7 heteroatoms. The van der Waals surface area contributed by atoms with Crippen molar-refractivity contribution in [2.24, 2.45) is 17.8 Å². The number of aromatic nitrogens is 3. The third kappa shape index (κ3) is 3.65. The van der Waals surface area contributed by atoms with Gasteiger partial charge in [0.25, 0.3) is 0 Å². The summed E-state index contributed by atoms with van der Waals surface area (Å²) in [5.74, 6) is 2.68. The second-order valence-electron chi connectivity index (χ2n) is 6.95. The quantitative estimate of drug-likeness (QED) is 0.746. The lowest BCUT2D eigenvalue weighted by molar-refractivity contribution is -0.119. The van der Waals surface area contributed by atoms with Crippen molar-refractivity contribution in [2.45, 2.75) is 63.7 Å². The monoisotopic (exact) mass is 338 g/mol. The molecule has 1 amide bonds. The predicted molar refractivity (Wildman–Crippen MR) is 90.4 cm³/mol. The summed E-state index contributed by atoms with van der Waals surface area (Å²) in [6.45, 7) is 4.77. The standard InChI is InChI=1S/C16H26N4O2S/c1-3-6-20-15(22)18-19-16(20)23-9-14(21)17-10(2)13-8-11-4-5-12(13)7-11/h10-13H,3-9H2,1-2H3,(H,17,21)(H,18,22)/t10-,11+,12+,13-/m1/s1. The number of nitrogens with one attached hydrogen (secondary N) is 2. The van der Waals surface area contributed by atoms with Gasteiger partial charge < -0.3 is 5.32 Å². The topological polar surface area (TPSA) is 79.8 Å². The van der Waals surface area contributed by atoms with Crippen molar-refractivity contribution in [3.05, 3.63) is 10.5 Å². The molecule has 0 saturated heterocycles. The Bertz CT molecular complexity index is 611. The third-order valence-electron chi connectivity index (χ3n) is 5.33. The van der Waals surface area contributed by atoms with E-state index in [1.54, 1.807) is 4.57 Å². The number of amides is 1. The van der Waals surface area contributed by atoms with Crippen molar-refractivity contribution in [1.82, 2.24) is 20.1 Å². The van der Waals surface area contributed by atoms with Crippen molar-refractivity contribution in [3.8, 4) is 0 Å². The zero-order valence-corrected chi connectivity index (χ0v) is 14.7. The number of carbonyl (C=O) groups is 1. The van der Waals surface area contributed by atoms with Gasteiger partial charge in [-0.3, -0.25) is 9.36 Å². The van der Waals surface area contributed by atoms with E-state index in [0.29, 0.717) is 23.4 Å². The highest BCUT2D eigenvalue weighted by Gasteiger charge is 2.42. The molecule has 0 spiro atoms. The van der Waals surface area contributed by atoms with Gasteiger partial charge >= 0.3 is 5.69 Å². The Kier molecular flexibility index (Phi) is 5.14. The summed E-state index contributed by atoms with van der Waals surface area (Å²) in [5, 5.41) is 10.2. The molecule has 0 radical (unpaired) electrons. The van der Waals surface area contributed by atoms with Crippen LogP contribution in [-0.4, -0.2) is 32.5 Å². The Morgan fingerprint density at radius 2 is 2.30 bits per heavy atom. The molecule has 2 fully saturated rings. The van der Waals surface area contributed by atoms with Crippen LogP contribution in [0.25, 0.3) is 0 Å². The lowest BCUT2D eigenvalue weighted by Crippen LogP contribution is -2.41. The lowest BCUT2D eigenvalue weighted by atomic mass is 9.84. The minimum Gasteiger partial charge on any atom is -0.353 e. The molecule has 0 aliphatic heterocycles. The molecular formula is C16H26N4O2S. The van der Waals surface area contributed by atoms with Crippen LogP contribution >= 0.6 is 11.8 Å². The largest absolute Gasteiger partial charge is 0.353 e. The molecule has 1 aromatic rings. The fraction of sp³-hybridized carbons (Fsp3) is 0.812. The zero-order valence-electron chi connectivity index (χ0n) is 13.9. The van der Waals surface area contributed by atoms with Crippen LogP contribution in [0.2, 0.25) is 0 Å². The highest BCUT2D eigenvalue weighted by molar-refractivity contribution is 7.99. The number of thioether (sulfide) groups is 1. The van der Waals surface area contributed by atoms with Crippen LogP contribution in [0.1, 0.15) is 46.0 Å². The van der Waals surface area contributed by atoms with E-state index in [4.69, 9.17) is 0 Å². The van der Waals surface area contributed by atoms with Crippen LogP contribution in [-0.2, 0) is 11.3 Å². The Labute approximate surface area is 140 Å². The summed E-state index contributed by atoms with van der Waals surface area (Å²) >= 11 is 1.32. The minimum atomic E-state index is -0.204. The summed E-state index contributed by atoms with van der Waals surface area (Å²) in [6, 6.07) is 0.246. The highest BCUT2D eigenvalue weighted by atomic mass is 32.2. The van der Waals surface area contributed by atoms with E-state index in [-0.39, 0.29) is 17.6 Å². The van der Waals surface area contributed by atoms with Crippen LogP contribution in [0.4, 0.5) is 0 Å². The van der Waals surface area contributed by atoms with Crippen LogP contribution in [0, 0.1) is 17.8 Å². The van der Waals surface area contributed by atoms with Crippen molar-refractivity contribution >= 4 is 17.7 Å². The lowest BCUT2D eigenvalue weighted by Gasteiger charge is -2.28. The SMILES string of the molecule is CCCn1c(SCC(=O)N[C@H](C)[C@H]2C[C@H]3CC[C@H]2C3)n[nH]c1=O. The smallest absolute Gasteiger partial charge is 0.343 e. The van der Waals surface area contributed by atoms with Crippen molar-refractivity contribution < 1.29 is 4.79 Å². The zero-order chi connectivity index (χ0) is 16.4. The van der Waals surface area contributed by atoms with Gasteiger partial charge in [0.2, 0.25) is 5.91 Å². The maximum absolute atomic E-state index is 12.2. The summed E-state index contributed by atoms with van der Waals surface area (Å²) in [4.78, 5) is 23.8. The number of nitrogens with zero attached hydrogens (tertiary/aromatic N) is 2. The average Bonchev–Trinajstić information content (AvgIpc) is 3.23. The minimum absolute atomic E-state index is 0.0313. The molecule has 0 aromatic carbocycles. The first kappa shape index (κ1) is 16.6. The predicted octanol–water partition coefficient (Wildman–Crippen LogP) is 2.01. The Morgan fingerprint density at radius 1 is 1.48 bits per heavy atom. The van der Waals surface area contributed by atoms with Crippen LogP contribution in [0.5, 0.6) is 0 Å². The second-order valence-corrected chi connectivity index (χ2v) is 7.89. The molecule has 4 atom stereocenters. The number of fused-ring (bicyclic) bond motifs is 2. The number of aromatic amines is 1. The fourth-order valence-corrected chi connectivity index (χ4v) is 5.06. The highest BCUT2D eigenvalue weighted by Crippen LogP contribution is 2.49. The van der Waals surface area contributed by atoms with Gasteiger partial charge in [-0.2, -0.15) is 0 Å². The van der Waals surface area contributed by atoms with Gasteiger partial charge in [0.1, 0.15) is 0 Å². The Hall–Kier alpha value is -1.24. The van der Waals surface area contributed by atoms with Crippen LogP contribution < -0.4 is 11.0 Å². The Morgan fingerprint density at radius 3 is 2.96 bits per heavy atom. The summed E-state index contributed by atoms with van der Waals surface area (Å²) in [5.41, 5.74) is -0.204. The average molecular weight is 338 g/mol. The van der Waals surface area contributed by atoms with Gasteiger partial charge in [-0.05, 0) is 50.4 Å². The van der Waals surface area contributed by atoms with E-state index in [1.165, 1.54) is 37.4 Å². The van der Waals surface area contributed by atoms with E-state index in [2.05, 4.69) is 22.4 Å². The van der Waals surface area contributed by atoms with E-state index >= 15 is 0 Å².